The van der Waals surface area contributed by atoms with Gasteiger partial charge in [0.1, 0.15) is 0 Å². The lowest BCUT2D eigenvalue weighted by Gasteiger charge is -2.41. The van der Waals surface area contributed by atoms with E-state index in [2.05, 4.69) is 52.4 Å². The number of nitrogens with zero attached hydrogens (tertiary/aromatic N) is 3. The standard InChI is InChI=1S/C25H33N3/c1-2-15-27(14-1)19-20-6-8-21(9-7-20)23-10-11-25(26-18-23)22-12-16-28(17-13-22)24-4-3-5-24/h6-11,18,22,24H,1-5,12-17,19H2. The van der Waals surface area contributed by atoms with E-state index in [1.807, 2.05) is 0 Å². The number of rotatable bonds is 5. The van der Waals surface area contributed by atoms with Crippen LogP contribution in [-0.2, 0) is 6.54 Å². The van der Waals surface area contributed by atoms with Crippen LogP contribution in [0.3, 0.4) is 0 Å². The first kappa shape index (κ1) is 18.3. The largest absolute Gasteiger partial charge is 0.300 e. The number of piperidine rings is 1. The molecule has 3 fully saturated rings. The minimum atomic E-state index is 0.646. The van der Waals surface area contributed by atoms with Crippen LogP contribution in [0.5, 0.6) is 0 Å². The van der Waals surface area contributed by atoms with Crippen LogP contribution >= 0.6 is 0 Å². The van der Waals surface area contributed by atoms with Gasteiger partial charge in [0, 0.05) is 36.0 Å². The third kappa shape index (κ3) is 4.01. The molecule has 0 bridgehead atoms. The van der Waals surface area contributed by atoms with E-state index in [-0.39, 0.29) is 0 Å². The molecule has 2 saturated heterocycles. The average molecular weight is 376 g/mol. The second-order valence-electron chi connectivity index (χ2n) is 9.05. The molecule has 3 heteroatoms. The summed E-state index contributed by atoms with van der Waals surface area (Å²) in [4.78, 5) is 10.1. The van der Waals surface area contributed by atoms with Crippen molar-refractivity contribution >= 4 is 0 Å². The van der Waals surface area contributed by atoms with E-state index in [1.54, 1.807) is 0 Å². The highest BCUT2D eigenvalue weighted by Crippen LogP contribution is 2.33. The van der Waals surface area contributed by atoms with Gasteiger partial charge in [0.15, 0.2) is 0 Å². The maximum atomic E-state index is 4.86. The molecule has 2 aromatic rings. The molecular weight excluding hydrogens is 342 g/mol. The number of hydrogen-bond acceptors (Lipinski definition) is 3. The molecule has 1 aliphatic carbocycles. The summed E-state index contributed by atoms with van der Waals surface area (Å²) < 4.78 is 0. The lowest BCUT2D eigenvalue weighted by molar-refractivity contribution is 0.0970. The first-order valence-electron chi connectivity index (χ1n) is 11.4. The fourth-order valence-electron chi connectivity index (χ4n) is 5.13. The normalized spacial score (nSPS) is 22.4. The minimum absolute atomic E-state index is 0.646. The van der Waals surface area contributed by atoms with Crippen LogP contribution in [0.2, 0.25) is 0 Å². The predicted molar refractivity (Wildman–Crippen MR) is 115 cm³/mol. The Morgan fingerprint density at radius 2 is 1.46 bits per heavy atom. The summed E-state index contributed by atoms with van der Waals surface area (Å²) >= 11 is 0. The molecule has 1 saturated carbocycles. The van der Waals surface area contributed by atoms with Crippen LogP contribution in [-0.4, -0.2) is 47.0 Å². The lowest BCUT2D eigenvalue weighted by atomic mass is 9.86. The van der Waals surface area contributed by atoms with Crippen molar-refractivity contribution in [3.63, 3.8) is 0 Å². The predicted octanol–water partition coefficient (Wildman–Crippen LogP) is 5.08. The number of aromatic nitrogens is 1. The third-order valence-electron chi connectivity index (χ3n) is 7.22. The number of hydrogen-bond donors (Lipinski definition) is 0. The molecular formula is C25H33N3. The Bertz CT molecular complexity index is 749. The monoisotopic (exact) mass is 375 g/mol. The van der Waals surface area contributed by atoms with Gasteiger partial charge in [-0.2, -0.15) is 0 Å². The smallest absolute Gasteiger partial charge is 0.0435 e. The van der Waals surface area contributed by atoms with E-state index in [0.717, 1.165) is 12.6 Å². The lowest BCUT2D eigenvalue weighted by Crippen LogP contribution is -2.44. The first-order valence-corrected chi connectivity index (χ1v) is 11.4. The van der Waals surface area contributed by atoms with E-state index < -0.39 is 0 Å². The van der Waals surface area contributed by atoms with Gasteiger partial charge < -0.3 is 4.90 Å². The van der Waals surface area contributed by atoms with E-state index in [9.17, 15) is 0 Å². The zero-order chi connectivity index (χ0) is 18.8. The third-order valence-corrected chi connectivity index (χ3v) is 7.22. The average Bonchev–Trinajstić information content (AvgIpc) is 3.21. The summed E-state index contributed by atoms with van der Waals surface area (Å²) in [6, 6.07) is 14.5. The molecule has 3 heterocycles. The Labute approximate surface area is 169 Å². The molecule has 0 spiro atoms. The minimum Gasteiger partial charge on any atom is -0.300 e. The second-order valence-corrected chi connectivity index (χ2v) is 9.05. The highest BCUT2D eigenvalue weighted by Gasteiger charge is 2.29. The van der Waals surface area contributed by atoms with Crippen molar-refractivity contribution in [2.75, 3.05) is 26.2 Å². The van der Waals surface area contributed by atoms with Crippen molar-refractivity contribution in [1.82, 2.24) is 14.8 Å². The molecule has 0 radical (unpaired) electrons. The van der Waals surface area contributed by atoms with E-state index >= 15 is 0 Å². The van der Waals surface area contributed by atoms with Gasteiger partial charge >= 0.3 is 0 Å². The molecule has 3 aliphatic rings. The number of pyridine rings is 1. The molecule has 5 rings (SSSR count). The fraction of sp³-hybridized carbons (Fsp3) is 0.560. The van der Waals surface area contributed by atoms with Crippen LogP contribution in [0.15, 0.2) is 42.6 Å². The molecule has 2 aliphatic heterocycles. The summed E-state index contributed by atoms with van der Waals surface area (Å²) in [7, 11) is 0. The van der Waals surface area contributed by atoms with Gasteiger partial charge in [0.05, 0.1) is 0 Å². The van der Waals surface area contributed by atoms with E-state index in [1.165, 1.54) is 93.5 Å². The Balaban J connectivity index is 1.19. The van der Waals surface area contributed by atoms with Crippen molar-refractivity contribution in [2.24, 2.45) is 0 Å². The summed E-state index contributed by atoms with van der Waals surface area (Å²) in [5, 5.41) is 0. The van der Waals surface area contributed by atoms with Gasteiger partial charge in [-0.1, -0.05) is 36.8 Å². The fourth-order valence-corrected chi connectivity index (χ4v) is 5.13. The van der Waals surface area contributed by atoms with Crippen molar-refractivity contribution < 1.29 is 0 Å². The summed E-state index contributed by atoms with van der Waals surface area (Å²) in [6.07, 6.45) is 11.6. The summed E-state index contributed by atoms with van der Waals surface area (Å²) in [5.74, 6) is 0.646. The first-order chi connectivity index (χ1) is 13.8. The molecule has 1 aromatic heterocycles. The molecule has 0 N–H and O–H groups in total. The zero-order valence-electron chi connectivity index (χ0n) is 17.0. The molecule has 1 aromatic carbocycles. The van der Waals surface area contributed by atoms with Crippen LogP contribution in [0.4, 0.5) is 0 Å². The van der Waals surface area contributed by atoms with Crippen LogP contribution < -0.4 is 0 Å². The van der Waals surface area contributed by atoms with Crippen LogP contribution in [0.25, 0.3) is 11.1 Å². The summed E-state index contributed by atoms with van der Waals surface area (Å²) in [6.45, 7) is 6.13. The van der Waals surface area contributed by atoms with Crippen molar-refractivity contribution in [1.29, 1.82) is 0 Å². The Hall–Kier alpha value is -1.71. The summed E-state index contributed by atoms with van der Waals surface area (Å²) in [5.41, 5.74) is 5.24. The van der Waals surface area contributed by atoms with Gasteiger partial charge in [-0.05, 0) is 81.9 Å². The highest BCUT2D eigenvalue weighted by atomic mass is 15.2. The van der Waals surface area contributed by atoms with E-state index in [4.69, 9.17) is 4.98 Å². The number of benzene rings is 1. The molecule has 0 atom stereocenters. The molecule has 0 unspecified atom stereocenters. The zero-order valence-corrected chi connectivity index (χ0v) is 17.0. The van der Waals surface area contributed by atoms with Crippen molar-refractivity contribution in [3.8, 4) is 11.1 Å². The number of likely N-dealkylation sites (tertiary alicyclic amines) is 2. The van der Waals surface area contributed by atoms with Gasteiger partial charge in [-0.25, -0.2) is 0 Å². The topological polar surface area (TPSA) is 19.4 Å². The van der Waals surface area contributed by atoms with Crippen LogP contribution in [0, 0.1) is 0 Å². The Morgan fingerprint density at radius 1 is 0.750 bits per heavy atom. The van der Waals surface area contributed by atoms with E-state index in [0.29, 0.717) is 5.92 Å². The van der Waals surface area contributed by atoms with Gasteiger partial charge in [-0.15, -0.1) is 0 Å². The molecule has 3 nitrogen and oxygen atoms in total. The van der Waals surface area contributed by atoms with Gasteiger partial charge in [0.2, 0.25) is 0 Å². The quantitative estimate of drug-likeness (QED) is 0.727. The maximum Gasteiger partial charge on any atom is 0.0435 e. The molecule has 28 heavy (non-hydrogen) atoms. The van der Waals surface area contributed by atoms with Crippen LogP contribution in [0.1, 0.15) is 62.1 Å². The molecule has 0 amide bonds. The highest BCUT2D eigenvalue weighted by molar-refractivity contribution is 5.62. The Kier molecular flexibility index (Phi) is 5.46. The molecule has 148 valence electrons. The van der Waals surface area contributed by atoms with Crippen molar-refractivity contribution in [2.45, 2.75) is 63.5 Å². The van der Waals surface area contributed by atoms with Gasteiger partial charge in [0.25, 0.3) is 0 Å². The second kappa shape index (κ2) is 8.34. The maximum absolute atomic E-state index is 4.86. The Morgan fingerprint density at radius 3 is 2.07 bits per heavy atom. The SMILES string of the molecule is c1cc(-c2ccc(C3CCN(C4CCC4)CC3)nc2)ccc1CN1CCCC1. The van der Waals surface area contributed by atoms with Crippen molar-refractivity contribution in [3.05, 3.63) is 53.9 Å². The van der Waals surface area contributed by atoms with Gasteiger partial charge in [-0.3, -0.25) is 9.88 Å².